The predicted octanol–water partition coefficient (Wildman–Crippen LogP) is 2.73. The van der Waals surface area contributed by atoms with Crippen LogP contribution in [0.25, 0.3) is 22.4 Å². The third-order valence-corrected chi connectivity index (χ3v) is 6.99. The average Bonchev–Trinajstić information content (AvgIpc) is 3.33. The SMILES string of the molecule is COc1c(-c2ccc(F)c(F)c2)ncc(N2CCC[C@](N)([C@H](O)C(F)F)C2)c1Cn1cnc2c(N)ncnc21. The number of anilines is 2. The van der Waals surface area contributed by atoms with Crippen LogP contribution in [0.15, 0.2) is 37.1 Å². The van der Waals surface area contributed by atoms with E-state index >= 15 is 0 Å². The lowest BCUT2D eigenvalue weighted by molar-refractivity contribution is -0.0529. The number of nitrogen functional groups attached to an aromatic ring is 1. The van der Waals surface area contributed by atoms with Gasteiger partial charge in [-0.15, -0.1) is 0 Å². The van der Waals surface area contributed by atoms with Crippen LogP contribution in [-0.2, 0) is 6.54 Å². The van der Waals surface area contributed by atoms with Crippen molar-refractivity contribution in [1.29, 1.82) is 0 Å². The number of imidazole rings is 1. The molecule has 0 bridgehead atoms. The third-order valence-electron chi connectivity index (χ3n) is 6.99. The first-order chi connectivity index (χ1) is 18.6. The van der Waals surface area contributed by atoms with Crippen LogP contribution >= 0.6 is 0 Å². The van der Waals surface area contributed by atoms with Crippen molar-refractivity contribution in [1.82, 2.24) is 24.5 Å². The van der Waals surface area contributed by atoms with Crippen molar-refractivity contribution < 1.29 is 27.4 Å². The number of rotatable bonds is 7. The molecule has 3 aromatic heterocycles. The number of pyridine rings is 1. The van der Waals surface area contributed by atoms with E-state index < -0.39 is 29.7 Å². The highest BCUT2D eigenvalue weighted by molar-refractivity contribution is 5.81. The summed E-state index contributed by atoms with van der Waals surface area (Å²) in [6, 6.07) is 3.37. The fourth-order valence-corrected chi connectivity index (χ4v) is 5.01. The van der Waals surface area contributed by atoms with Crippen LogP contribution in [0.5, 0.6) is 5.75 Å². The molecule has 206 valence electrons. The summed E-state index contributed by atoms with van der Waals surface area (Å²) in [5, 5.41) is 10.2. The smallest absolute Gasteiger partial charge is 0.265 e. The van der Waals surface area contributed by atoms with Gasteiger partial charge in [-0.3, -0.25) is 4.98 Å². The number of nitrogens with zero attached hydrogens (tertiary/aromatic N) is 6. The number of alkyl halides is 2. The van der Waals surface area contributed by atoms with E-state index in [0.29, 0.717) is 35.4 Å². The Bertz CT molecular complexity index is 1520. The molecule has 1 aliphatic heterocycles. The average molecular weight is 547 g/mol. The van der Waals surface area contributed by atoms with Crippen LogP contribution in [0.4, 0.5) is 29.1 Å². The van der Waals surface area contributed by atoms with Gasteiger partial charge in [-0.2, -0.15) is 0 Å². The van der Waals surface area contributed by atoms with Gasteiger partial charge in [0.1, 0.15) is 23.6 Å². The van der Waals surface area contributed by atoms with Gasteiger partial charge in [-0.1, -0.05) is 0 Å². The number of aliphatic hydroxyl groups excluding tert-OH is 1. The van der Waals surface area contributed by atoms with Crippen molar-refractivity contribution >= 4 is 22.7 Å². The molecule has 0 radical (unpaired) electrons. The minimum Gasteiger partial charge on any atom is -0.494 e. The van der Waals surface area contributed by atoms with Crippen molar-refractivity contribution in [3.05, 3.63) is 54.2 Å². The van der Waals surface area contributed by atoms with Crippen LogP contribution in [0.1, 0.15) is 18.4 Å². The summed E-state index contributed by atoms with van der Waals surface area (Å²) in [6.45, 7) is 0.466. The van der Waals surface area contributed by atoms with Gasteiger partial charge in [0, 0.05) is 24.2 Å². The van der Waals surface area contributed by atoms with E-state index in [9.17, 15) is 22.7 Å². The van der Waals surface area contributed by atoms with Gasteiger partial charge in [-0.25, -0.2) is 32.5 Å². The second kappa shape index (κ2) is 10.3. The standard InChI is InChI=1S/C25H26F4N8O2/c1-39-20-14(9-37-12-35-19-23(30)33-11-34-24(19)37)17(8-32-18(20)13-3-4-15(26)16(27)7-13)36-6-2-5-25(31,10-36)21(38)22(28)29/h3-4,7-8,11-12,21-22,38H,2,5-6,9-10,31H2,1H3,(H2,30,33,34)/t21-,25-/m1/s1. The highest BCUT2D eigenvalue weighted by Crippen LogP contribution is 2.40. The summed E-state index contributed by atoms with van der Waals surface area (Å²) in [4.78, 5) is 18.8. The summed E-state index contributed by atoms with van der Waals surface area (Å²) in [6.07, 6.45) is -0.100. The van der Waals surface area contributed by atoms with Gasteiger partial charge >= 0.3 is 0 Å². The van der Waals surface area contributed by atoms with E-state index in [1.54, 1.807) is 9.47 Å². The van der Waals surface area contributed by atoms with Gasteiger partial charge in [0.05, 0.1) is 37.4 Å². The Hall–Kier alpha value is -4.04. The number of fused-ring (bicyclic) bond motifs is 1. The van der Waals surface area contributed by atoms with Gasteiger partial charge in [-0.05, 0) is 31.0 Å². The topological polar surface area (TPSA) is 141 Å². The number of hydrogen-bond donors (Lipinski definition) is 3. The lowest BCUT2D eigenvalue weighted by atomic mass is 9.84. The van der Waals surface area contributed by atoms with Crippen LogP contribution in [0.2, 0.25) is 0 Å². The summed E-state index contributed by atoms with van der Waals surface area (Å²) < 4.78 is 62.1. The number of aromatic nitrogens is 5. The molecule has 1 fully saturated rings. The number of halogens is 4. The van der Waals surface area contributed by atoms with Crippen LogP contribution in [0, 0.1) is 11.6 Å². The number of benzene rings is 1. The molecule has 0 saturated carbocycles. The Morgan fingerprint density at radius 2 is 1.95 bits per heavy atom. The lowest BCUT2D eigenvalue weighted by Crippen LogP contribution is -2.63. The van der Waals surface area contributed by atoms with Gasteiger partial charge < -0.3 is 30.8 Å². The quantitative estimate of drug-likeness (QED) is 0.298. The molecule has 14 heteroatoms. The molecule has 10 nitrogen and oxygen atoms in total. The zero-order chi connectivity index (χ0) is 27.9. The van der Waals surface area contributed by atoms with Crippen molar-refractivity contribution in [3.63, 3.8) is 0 Å². The Labute approximate surface area is 220 Å². The number of ether oxygens (including phenoxy) is 1. The van der Waals surface area contributed by atoms with E-state index in [4.69, 9.17) is 16.2 Å². The summed E-state index contributed by atoms with van der Waals surface area (Å²) in [5.41, 5.74) is 13.0. The first kappa shape index (κ1) is 26.6. The molecule has 1 saturated heterocycles. The molecule has 0 spiro atoms. The number of nitrogens with two attached hydrogens (primary N) is 2. The first-order valence-electron chi connectivity index (χ1n) is 12.1. The monoisotopic (exact) mass is 546 g/mol. The number of piperidine rings is 1. The molecule has 4 heterocycles. The summed E-state index contributed by atoms with van der Waals surface area (Å²) >= 11 is 0. The van der Waals surface area contributed by atoms with Gasteiger partial charge in [0.2, 0.25) is 0 Å². The molecule has 0 unspecified atom stereocenters. The first-order valence-corrected chi connectivity index (χ1v) is 12.1. The largest absolute Gasteiger partial charge is 0.494 e. The fourth-order valence-electron chi connectivity index (χ4n) is 5.01. The molecule has 1 aliphatic rings. The second-order valence-corrected chi connectivity index (χ2v) is 9.47. The van der Waals surface area contributed by atoms with Crippen molar-refractivity contribution in [2.75, 3.05) is 30.8 Å². The van der Waals surface area contributed by atoms with E-state index in [1.165, 1.54) is 32.0 Å². The Morgan fingerprint density at radius 3 is 2.67 bits per heavy atom. The minimum atomic E-state index is -3.01. The summed E-state index contributed by atoms with van der Waals surface area (Å²) in [5.74, 6) is -1.64. The molecular weight excluding hydrogens is 520 g/mol. The summed E-state index contributed by atoms with van der Waals surface area (Å²) in [7, 11) is 1.41. The van der Waals surface area contributed by atoms with Gasteiger partial charge in [0.25, 0.3) is 6.43 Å². The van der Waals surface area contributed by atoms with Crippen LogP contribution in [0.3, 0.4) is 0 Å². The zero-order valence-electron chi connectivity index (χ0n) is 20.9. The maximum atomic E-state index is 14.1. The molecular formula is C25H26F4N8O2. The Kier molecular flexibility index (Phi) is 6.99. The Morgan fingerprint density at radius 1 is 1.15 bits per heavy atom. The lowest BCUT2D eigenvalue weighted by Gasteiger charge is -2.44. The van der Waals surface area contributed by atoms with Crippen LogP contribution in [-0.4, -0.2) is 67.9 Å². The van der Waals surface area contributed by atoms with Crippen molar-refractivity contribution in [2.24, 2.45) is 5.73 Å². The second-order valence-electron chi connectivity index (χ2n) is 9.47. The van der Waals surface area contributed by atoms with E-state index in [0.717, 1.165) is 12.1 Å². The molecule has 4 aromatic rings. The maximum absolute atomic E-state index is 14.1. The minimum absolute atomic E-state index is 0.0827. The number of aliphatic hydroxyl groups is 1. The Balaban J connectivity index is 1.66. The number of hydrogen-bond acceptors (Lipinski definition) is 9. The fraction of sp³-hybridized carbons (Fsp3) is 0.360. The van der Waals surface area contributed by atoms with E-state index in [2.05, 4.69) is 19.9 Å². The molecule has 39 heavy (non-hydrogen) atoms. The van der Waals surface area contributed by atoms with E-state index in [1.807, 2.05) is 0 Å². The van der Waals surface area contributed by atoms with Crippen molar-refractivity contribution in [3.8, 4) is 17.0 Å². The molecule has 1 aromatic carbocycles. The predicted molar refractivity (Wildman–Crippen MR) is 135 cm³/mol. The van der Waals surface area contributed by atoms with Gasteiger partial charge in [0.15, 0.2) is 28.8 Å². The zero-order valence-corrected chi connectivity index (χ0v) is 20.9. The normalized spacial score (nSPS) is 18.6. The highest BCUT2D eigenvalue weighted by atomic mass is 19.3. The third kappa shape index (κ3) is 4.81. The van der Waals surface area contributed by atoms with Crippen molar-refractivity contribution in [2.45, 2.75) is 37.5 Å². The molecule has 5 N–H and O–H groups in total. The highest BCUT2D eigenvalue weighted by Gasteiger charge is 2.43. The van der Waals surface area contributed by atoms with Crippen LogP contribution < -0.4 is 21.1 Å². The molecule has 0 aliphatic carbocycles. The van der Waals surface area contributed by atoms with E-state index in [-0.39, 0.29) is 42.3 Å². The molecule has 5 rings (SSSR count). The molecule has 2 atom stereocenters. The maximum Gasteiger partial charge on any atom is 0.265 e. The number of methoxy groups -OCH3 is 1. The molecule has 0 amide bonds.